The average molecular weight is 785 g/mol. The number of rotatable bonds is 6. The van der Waals surface area contributed by atoms with Crippen LogP contribution in [-0.2, 0) is 0 Å². The highest BCUT2D eigenvalue weighted by Gasteiger charge is 2.17. The summed E-state index contributed by atoms with van der Waals surface area (Å²) in [4.78, 5) is 0. The minimum atomic E-state index is 1.20. The Hall–Kier alpha value is -8.06. The molecule has 0 heteroatoms. The Labute approximate surface area is 361 Å². The van der Waals surface area contributed by atoms with E-state index in [1.54, 1.807) is 0 Å². The van der Waals surface area contributed by atoms with Gasteiger partial charge in [-0.1, -0.05) is 206 Å². The van der Waals surface area contributed by atoms with Gasteiger partial charge in [0.25, 0.3) is 0 Å². The van der Waals surface area contributed by atoms with Gasteiger partial charge in [0, 0.05) is 0 Å². The van der Waals surface area contributed by atoms with E-state index in [2.05, 4.69) is 243 Å². The van der Waals surface area contributed by atoms with Crippen LogP contribution in [0.4, 0.5) is 0 Å². The Morgan fingerprint density at radius 2 is 0.323 bits per heavy atom. The highest BCUT2D eigenvalue weighted by Crippen LogP contribution is 2.43. The number of hydrogen-bond acceptors (Lipinski definition) is 0. The van der Waals surface area contributed by atoms with Crippen molar-refractivity contribution in [3.63, 3.8) is 0 Å². The minimum Gasteiger partial charge on any atom is -0.0616 e. The van der Waals surface area contributed by atoms with Crippen molar-refractivity contribution >= 4 is 53.9 Å². The Balaban J connectivity index is 1.09. The molecule has 0 aromatic heterocycles. The van der Waals surface area contributed by atoms with Crippen molar-refractivity contribution in [1.82, 2.24) is 0 Å². The summed E-state index contributed by atoms with van der Waals surface area (Å²) < 4.78 is 0. The molecular weight excluding hydrogens is 745 g/mol. The summed E-state index contributed by atoms with van der Waals surface area (Å²) in [6.07, 6.45) is 0. The van der Waals surface area contributed by atoms with Gasteiger partial charge in [0.05, 0.1) is 0 Å². The van der Waals surface area contributed by atoms with Crippen LogP contribution >= 0.6 is 0 Å². The molecule has 12 aromatic rings. The van der Waals surface area contributed by atoms with Gasteiger partial charge in [-0.25, -0.2) is 0 Å². The molecule has 0 saturated carbocycles. The summed E-state index contributed by atoms with van der Waals surface area (Å²) in [7, 11) is 0. The second-order valence-corrected chi connectivity index (χ2v) is 16.4. The van der Waals surface area contributed by atoms with Crippen LogP contribution in [0, 0.1) is 0 Å². The van der Waals surface area contributed by atoms with Crippen LogP contribution in [0.25, 0.3) is 121 Å². The molecule has 0 spiro atoms. The van der Waals surface area contributed by atoms with Gasteiger partial charge in [-0.05, 0) is 157 Å². The lowest BCUT2D eigenvalue weighted by atomic mass is 9.86. The predicted octanol–water partition coefficient (Wildman–Crippen LogP) is 17.5. The maximum atomic E-state index is 2.40. The summed E-state index contributed by atoms with van der Waals surface area (Å²) in [5.41, 5.74) is 14.6. The van der Waals surface area contributed by atoms with E-state index in [4.69, 9.17) is 0 Å². The van der Waals surface area contributed by atoms with Crippen LogP contribution in [-0.4, -0.2) is 0 Å². The van der Waals surface area contributed by atoms with Crippen LogP contribution < -0.4 is 0 Å². The van der Waals surface area contributed by atoms with Crippen LogP contribution in [0.5, 0.6) is 0 Å². The summed E-state index contributed by atoms with van der Waals surface area (Å²) >= 11 is 0. The Kier molecular flexibility index (Phi) is 8.61. The SMILES string of the molecule is c1ccc2c(-c3cc(-c4cccc5ccccc45)cc(-c4cccc5c(-c6cc(-c7cccc8ccccc78)cc(-c7cccc8ccccc78)c6)cccc45)c3)cccc2c1. The molecule has 12 aromatic carbocycles. The van der Waals surface area contributed by atoms with Crippen molar-refractivity contribution in [3.8, 4) is 66.8 Å². The highest BCUT2D eigenvalue weighted by atomic mass is 14.2. The molecule has 0 nitrogen and oxygen atoms in total. The minimum absolute atomic E-state index is 1.20. The lowest BCUT2D eigenvalue weighted by molar-refractivity contribution is 1.59. The molecule has 0 aliphatic heterocycles. The second-order valence-electron chi connectivity index (χ2n) is 16.4. The van der Waals surface area contributed by atoms with Gasteiger partial charge in [-0.15, -0.1) is 0 Å². The van der Waals surface area contributed by atoms with Crippen molar-refractivity contribution in [2.75, 3.05) is 0 Å². The zero-order valence-corrected chi connectivity index (χ0v) is 34.1. The molecule has 0 heterocycles. The predicted molar refractivity (Wildman–Crippen MR) is 267 cm³/mol. The fourth-order valence-electron chi connectivity index (χ4n) is 9.91. The second kappa shape index (κ2) is 14.9. The smallest absolute Gasteiger partial charge is 0.00992 e. The van der Waals surface area contributed by atoms with Gasteiger partial charge >= 0.3 is 0 Å². The third-order valence-electron chi connectivity index (χ3n) is 12.8. The molecule has 0 aliphatic rings. The lowest BCUT2D eigenvalue weighted by Gasteiger charge is -2.17. The van der Waals surface area contributed by atoms with Gasteiger partial charge < -0.3 is 0 Å². The van der Waals surface area contributed by atoms with Gasteiger partial charge in [0.1, 0.15) is 0 Å². The molecule has 0 fully saturated rings. The molecule has 0 N–H and O–H groups in total. The van der Waals surface area contributed by atoms with Crippen molar-refractivity contribution in [1.29, 1.82) is 0 Å². The maximum absolute atomic E-state index is 2.40. The van der Waals surface area contributed by atoms with Gasteiger partial charge in [-0.3, -0.25) is 0 Å². The highest BCUT2D eigenvalue weighted by molar-refractivity contribution is 6.09. The van der Waals surface area contributed by atoms with Gasteiger partial charge in [0.2, 0.25) is 0 Å². The number of fused-ring (bicyclic) bond motifs is 5. The summed E-state index contributed by atoms with van der Waals surface area (Å²) in [5, 5.41) is 12.4. The maximum Gasteiger partial charge on any atom is -0.00992 e. The topological polar surface area (TPSA) is 0 Å². The first-order chi connectivity index (χ1) is 30.7. The molecule has 0 atom stereocenters. The van der Waals surface area contributed by atoms with E-state index in [1.807, 2.05) is 0 Å². The Morgan fingerprint density at radius 1 is 0.145 bits per heavy atom. The van der Waals surface area contributed by atoms with Crippen LogP contribution in [0.15, 0.2) is 243 Å². The molecule has 12 rings (SSSR count). The van der Waals surface area contributed by atoms with Gasteiger partial charge in [-0.2, -0.15) is 0 Å². The average Bonchev–Trinajstić information content (AvgIpc) is 3.35. The first kappa shape index (κ1) is 35.8. The molecule has 288 valence electrons. The fraction of sp³-hybridized carbons (Fsp3) is 0. The number of hydrogen-bond donors (Lipinski definition) is 0. The van der Waals surface area contributed by atoms with Crippen molar-refractivity contribution < 1.29 is 0 Å². The molecular formula is C62H40. The van der Waals surface area contributed by atoms with Crippen molar-refractivity contribution in [2.24, 2.45) is 0 Å². The monoisotopic (exact) mass is 784 g/mol. The van der Waals surface area contributed by atoms with E-state index < -0.39 is 0 Å². The van der Waals surface area contributed by atoms with E-state index >= 15 is 0 Å². The third-order valence-corrected chi connectivity index (χ3v) is 12.8. The molecule has 0 bridgehead atoms. The standard InChI is InChI=1S/C62H40/c1-5-23-51-41(15-1)19-9-27-55(51)45-35-46(56-28-10-20-42-16-2-6-24-52(42)56)38-49(37-45)59-31-13-34-62-60(32-14-33-61(59)62)50-39-47(57-29-11-21-43-17-3-7-25-53(43)57)36-48(40-50)58-30-12-22-44-18-4-8-26-54(44)58/h1-40H. The normalized spacial score (nSPS) is 11.5. The van der Waals surface area contributed by atoms with E-state index in [1.165, 1.54) is 121 Å². The van der Waals surface area contributed by atoms with E-state index in [-0.39, 0.29) is 0 Å². The fourth-order valence-corrected chi connectivity index (χ4v) is 9.91. The first-order valence-corrected chi connectivity index (χ1v) is 21.5. The van der Waals surface area contributed by atoms with Crippen LogP contribution in [0.3, 0.4) is 0 Å². The summed E-state index contributed by atoms with van der Waals surface area (Å²) in [6.45, 7) is 0. The zero-order chi connectivity index (χ0) is 41.0. The summed E-state index contributed by atoms with van der Waals surface area (Å²) in [5.74, 6) is 0. The Morgan fingerprint density at radius 3 is 0.581 bits per heavy atom. The lowest BCUT2D eigenvalue weighted by Crippen LogP contribution is -1.91. The van der Waals surface area contributed by atoms with E-state index in [9.17, 15) is 0 Å². The quantitative estimate of drug-likeness (QED) is 0.158. The molecule has 0 unspecified atom stereocenters. The van der Waals surface area contributed by atoms with Crippen molar-refractivity contribution in [2.45, 2.75) is 0 Å². The van der Waals surface area contributed by atoms with Crippen molar-refractivity contribution in [3.05, 3.63) is 243 Å². The number of benzene rings is 12. The van der Waals surface area contributed by atoms with Crippen LogP contribution in [0.2, 0.25) is 0 Å². The molecule has 0 radical (unpaired) electrons. The van der Waals surface area contributed by atoms with E-state index in [0.717, 1.165) is 0 Å². The van der Waals surface area contributed by atoms with Crippen LogP contribution in [0.1, 0.15) is 0 Å². The third kappa shape index (κ3) is 6.16. The first-order valence-electron chi connectivity index (χ1n) is 21.5. The Bertz CT molecular complexity index is 3240. The zero-order valence-electron chi connectivity index (χ0n) is 34.1. The summed E-state index contributed by atoms with van der Waals surface area (Å²) in [6, 6.07) is 89.6. The molecule has 0 saturated heterocycles. The molecule has 62 heavy (non-hydrogen) atoms. The van der Waals surface area contributed by atoms with Gasteiger partial charge in [0.15, 0.2) is 0 Å². The van der Waals surface area contributed by atoms with E-state index in [0.29, 0.717) is 0 Å². The molecule has 0 amide bonds. The largest absolute Gasteiger partial charge is 0.0616 e. The molecule has 0 aliphatic carbocycles.